The molecular weight excluding hydrogens is 162 g/mol. The van der Waals surface area contributed by atoms with Gasteiger partial charge in [0.2, 0.25) is 0 Å². The zero-order valence-corrected chi connectivity index (χ0v) is 8.99. The second-order valence-corrected chi connectivity index (χ2v) is 4.83. The Labute approximate surface area is 81.3 Å². The van der Waals surface area contributed by atoms with E-state index in [1.165, 1.54) is 19.3 Å². The van der Waals surface area contributed by atoms with E-state index in [0.717, 1.165) is 6.54 Å². The smallest absolute Gasteiger partial charge is 0.0720 e. The number of rotatable bonds is 3. The molecule has 0 aromatic rings. The molecule has 76 valence electrons. The van der Waals surface area contributed by atoms with E-state index < -0.39 is 0 Å². The average Bonchev–Trinajstić information content (AvgIpc) is 2.75. The van der Waals surface area contributed by atoms with Crippen LogP contribution < -0.4 is 0 Å². The van der Waals surface area contributed by atoms with Crippen LogP contribution in [0.4, 0.5) is 0 Å². The van der Waals surface area contributed by atoms with Gasteiger partial charge in [-0.2, -0.15) is 0 Å². The molecule has 1 saturated carbocycles. The third-order valence-corrected chi connectivity index (χ3v) is 3.16. The van der Waals surface area contributed by atoms with Crippen molar-refractivity contribution in [3.63, 3.8) is 0 Å². The molecule has 0 spiro atoms. The molecule has 0 bridgehead atoms. The summed E-state index contributed by atoms with van der Waals surface area (Å²) in [6, 6.07) is 1.38. The highest BCUT2D eigenvalue weighted by molar-refractivity contribution is 4.87. The Balaban J connectivity index is 1.82. The van der Waals surface area contributed by atoms with Gasteiger partial charge in [0.15, 0.2) is 0 Å². The molecule has 0 aromatic carbocycles. The van der Waals surface area contributed by atoms with Gasteiger partial charge in [-0.15, -0.1) is 0 Å². The summed E-state index contributed by atoms with van der Waals surface area (Å²) < 4.78 is 5.93. The molecule has 1 heterocycles. The summed E-state index contributed by atoms with van der Waals surface area (Å²) in [6.45, 7) is 8.01. The van der Waals surface area contributed by atoms with Crippen LogP contribution in [0.5, 0.6) is 0 Å². The number of hydrogen-bond donors (Lipinski definition) is 0. The van der Waals surface area contributed by atoms with Crippen LogP contribution in [0.2, 0.25) is 0 Å². The average molecular weight is 183 g/mol. The van der Waals surface area contributed by atoms with E-state index in [1.807, 2.05) is 0 Å². The Kier molecular flexibility index (Phi) is 2.61. The van der Waals surface area contributed by atoms with Crippen LogP contribution in [0, 0.1) is 0 Å². The fourth-order valence-corrected chi connectivity index (χ4v) is 2.30. The Hall–Kier alpha value is -0.0800. The lowest BCUT2D eigenvalue weighted by Gasteiger charge is -2.24. The highest BCUT2D eigenvalue weighted by atomic mass is 16.5. The summed E-state index contributed by atoms with van der Waals surface area (Å²) in [5.74, 6) is 0. The second-order valence-electron chi connectivity index (χ2n) is 4.83. The molecular formula is C11H21NO. The Morgan fingerprint density at radius 2 is 1.92 bits per heavy atom. The van der Waals surface area contributed by atoms with E-state index >= 15 is 0 Å². The van der Waals surface area contributed by atoms with E-state index in [0.29, 0.717) is 24.3 Å². The minimum Gasteiger partial charge on any atom is -0.374 e. The largest absolute Gasteiger partial charge is 0.374 e. The maximum absolute atomic E-state index is 5.93. The van der Waals surface area contributed by atoms with Crippen molar-refractivity contribution in [1.82, 2.24) is 4.90 Å². The molecule has 2 rings (SSSR count). The standard InChI is InChI=1S/C11H21NO/c1-8(2)12-7-11(6-9(12)3)13-10-4-5-10/h8-11H,4-7H2,1-3H3. The van der Waals surface area contributed by atoms with Crippen LogP contribution >= 0.6 is 0 Å². The van der Waals surface area contributed by atoms with Crippen LogP contribution in [0.25, 0.3) is 0 Å². The predicted octanol–water partition coefficient (Wildman–Crippen LogP) is 2.04. The van der Waals surface area contributed by atoms with Crippen LogP contribution in [0.15, 0.2) is 0 Å². The topological polar surface area (TPSA) is 12.5 Å². The van der Waals surface area contributed by atoms with Crippen LogP contribution in [0.3, 0.4) is 0 Å². The minimum absolute atomic E-state index is 0.518. The lowest BCUT2D eigenvalue weighted by molar-refractivity contribution is 0.0438. The molecule has 0 amide bonds. The summed E-state index contributed by atoms with van der Waals surface area (Å²) in [5, 5.41) is 0. The van der Waals surface area contributed by atoms with Crippen LogP contribution in [0.1, 0.15) is 40.0 Å². The first-order chi connectivity index (χ1) is 6.16. The van der Waals surface area contributed by atoms with Gasteiger partial charge >= 0.3 is 0 Å². The molecule has 2 fully saturated rings. The molecule has 1 aliphatic carbocycles. The van der Waals surface area contributed by atoms with E-state index in [1.54, 1.807) is 0 Å². The highest BCUT2D eigenvalue weighted by Gasteiger charge is 2.34. The van der Waals surface area contributed by atoms with Crippen molar-refractivity contribution >= 4 is 0 Å². The van der Waals surface area contributed by atoms with Crippen molar-refractivity contribution in [2.75, 3.05) is 6.54 Å². The molecule has 0 radical (unpaired) electrons. The van der Waals surface area contributed by atoms with Crippen molar-refractivity contribution in [1.29, 1.82) is 0 Å². The van der Waals surface area contributed by atoms with Gasteiger partial charge in [-0.05, 0) is 40.0 Å². The highest BCUT2D eigenvalue weighted by Crippen LogP contribution is 2.30. The first-order valence-corrected chi connectivity index (χ1v) is 5.58. The van der Waals surface area contributed by atoms with Crippen molar-refractivity contribution in [3.05, 3.63) is 0 Å². The predicted molar refractivity (Wildman–Crippen MR) is 53.8 cm³/mol. The first-order valence-electron chi connectivity index (χ1n) is 5.58. The maximum Gasteiger partial charge on any atom is 0.0720 e. The first kappa shape index (κ1) is 9.47. The number of hydrogen-bond acceptors (Lipinski definition) is 2. The summed E-state index contributed by atoms with van der Waals surface area (Å²) >= 11 is 0. The normalized spacial score (nSPS) is 36.0. The molecule has 0 N–H and O–H groups in total. The van der Waals surface area contributed by atoms with Crippen LogP contribution in [-0.4, -0.2) is 35.7 Å². The lowest BCUT2D eigenvalue weighted by atomic mass is 10.2. The Morgan fingerprint density at radius 1 is 1.23 bits per heavy atom. The van der Waals surface area contributed by atoms with Gasteiger partial charge < -0.3 is 4.74 Å². The zero-order valence-electron chi connectivity index (χ0n) is 8.99. The van der Waals surface area contributed by atoms with E-state index in [4.69, 9.17) is 4.74 Å². The Morgan fingerprint density at radius 3 is 2.38 bits per heavy atom. The maximum atomic E-state index is 5.93. The molecule has 2 atom stereocenters. The number of likely N-dealkylation sites (tertiary alicyclic amines) is 1. The third kappa shape index (κ3) is 2.23. The number of ether oxygens (including phenoxy) is 1. The molecule has 1 saturated heterocycles. The molecule has 2 unspecified atom stereocenters. The van der Waals surface area contributed by atoms with Gasteiger partial charge in [0, 0.05) is 18.6 Å². The van der Waals surface area contributed by atoms with Crippen molar-refractivity contribution in [3.8, 4) is 0 Å². The van der Waals surface area contributed by atoms with E-state index in [9.17, 15) is 0 Å². The summed E-state index contributed by atoms with van der Waals surface area (Å²) in [6.07, 6.45) is 4.96. The van der Waals surface area contributed by atoms with Gasteiger partial charge in [0.25, 0.3) is 0 Å². The SMILES string of the molecule is CC(C)N1CC(OC2CC2)CC1C. The van der Waals surface area contributed by atoms with Gasteiger partial charge in [-0.1, -0.05) is 0 Å². The molecule has 2 heteroatoms. The van der Waals surface area contributed by atoms with E-state index in [-0.39, 0.29) is 0 Å². The molecule has 0 aromatic heterocycles. The van der Waals surface area contributed by atoms with Gasteiger partial charge in [-0.25, -0.2) is 0 Å². The van der Waals surface area contributed by atoms with Gasteiger partial charge in [0.1, 0.15) is 0 Å². The Bertz CT molecular complexity index is 177. The van der Waals surface area contributed by atoms with Crippen molar-refractivity contribution in [2.24, 2.45) is 0 Å². The monoisotopic (exact) mass is 183 g/mol. The molecule has 2 nitrogen and oxygen atoms in total. The molecule has 13 heavy (non-hydrogen) atoms. The van der Waals surface area contributed by atoms with Crippen molar-refractivity contribution < 1.29 is 4.74 Å². The van der Waals surface area contributed by atoms with Gasteiger partial charge in [-0.3, -0.25) is 4.90 Å². The molecule has 1 aliphatic heterocycles. The van der Waals surface area contributed by atoms with Crippen LogP contribution in [-0.2, 0) is 4.74 Å². The zero-order chi connectivity index (χ0) is 9.42. The lowest BCUT2D eigenvalue weighted by Crippen LogP contribution is -2.34. The van der Waals surface area contributed by atoms with Crippen molar-refractivity contribution in [2.45, 2.75) is 64.3 Å². The summed E-state index contributed by atoms with van der Waals surface area (Å²) in [7, 11) is 0. The number of nitrogens with zero attached hydrogens (tertiary/aromatic N) is 1. The second kappa shape index (κ2) is 3.58. The van der Waals surface area contributed by atoms with Gasteiger partial charge in [0.05, 0.1) is 12.2 Å². The summed E-state index contributed by atoms with van der Waals surface area (Å²) in [5.41, 5.74) is 0. The minimum atomic E-state index is 0.518. The fraction of sp³-hybridized carbons (Fsp3) is 1.00. The van der Waals surface area contributed by atoms with E-state index in [2.05, 4.69) is 25.7 Å². The quantitative estimate of drug-likeness (QED) is 0.664. The third-order valence-electron chi connectivity index (χ3n) is 3.16. The molecule has 2 aliphatic rings. The summed E-state index contributed by atoms with van der Waals surface area (Å²) in [4.78, 5) is 2.55. The fourth-order valence-electron chi connectivity index (χ4n) is 2.30.